The SMILES string of the molecule is CCOc1cc(C)c(Cl)cc1S(=O)(=O)N1CCCCC1C. The van der Waals surface area contributed by atoms with Crippen molar-refractivity contribution in [2.45, 2.75) is 51.0 Å². The second kappa shape index (κ2) is 6.55. The molecule has 0 saturated carbocycles. The van der Waals surface area contributed by atoms with E-state index in [0.29, 0.717) is 23.9 Å². The van der Waals surface area contributed by atoms with Gasteiger partial charge in [-0.2, -0.15) is 4.31 Å². The summed E-state index contributed by atoms with van der Waals surface area (Å²) in [6, 6.07) is 3.23. The molecule has 2 rings (SSSR count). The van der Waals surface area contributed by atoms with Gasteiger partial charge in [0.1, 0.15) is 10.6 Å². The van der Waals surface area contributed by atoms with Gasteiger partial charge in [-0.1, -0.05) is 18.0 Å². The smallest absolute Gasteiger partial charge is 0.247 e. The lowest BCUT2D eigenvalue weighted by Crippen LogP contribution is -2.42. The summed E-state index contributed by atoms with van der Waals surface area (Å²) >= 11 is 6.13. The van der Waals surface area contributed by atoms with Crippen molar-refractivity contribution in [2.24, 2.45) is 0 Å². The van der Waals surface area contributed by atoms with Gasteiger partial charge in [0.15, 0.2) is 0 Å². The minimum Gasteiger partial charge on any atom is -0.492 e. The zero-order valence-corrected chi connectivity index (χ0v) is 14.3. The summed E-state index contributed by atoms with van der Waals surface area (Å²) in [4.78, 5) is 0.175. The first kappa shape index (κ1) is 16.6. The maximum absolute atomic E-state index is 12.9. The van der Waals surface area contributed by atoms with Gasteiger partial charge in [0.25, 0.3) is 0 Å². The van der Waals surface area contributed by atoms with E-state index in [1.807, 2.05) is 20.8 Å². The van der Waals surface area contributed by atoms with Crippen LogP contribution in [-0.2, 0) is 10.0 Å². The Hall–Kier alpha value is -0.780. The van der Waals surface area contributed by atoms with Crippen molar-refractivity contribution in [2.75, 3.05) is 13.2 Å². The Balaban J connectivity index is 2.50. The minimum absolute atomic E-state index is 0.0123. The molecule has 4 nitrogen and oxygen atoms in total. The summed E-state index contributed by atoms with van der Waals surface area (Å²) < 4.78 is 33.0. The lowest BCUT2D eigenvalue weighted by molar-refractivity contribution is 0.266. The Morgan fingerprint density at radius 2 is 2.10 bits per heavy atom. The number of benzene rings is 1. The molecule has 0 bridgehead atoms. The van der Waals surface area contributed by atoms with Crippen molar-refractivity contribution in [1.82, 2.24) is 4.31 Å². The normalized spacial score (nSPS) is 20.5. The Bertz CT molecular complexity index is 616. The fourth-order valence-electron chi connectivity index (χ4n) is 2.66. The molecule has 1 aromatic rings. The van der Waals surface area contributed by atoms with Crippen molar-refractivity contribution in [3.63, 3.8) is 0 Å². The van der Waals surface area contributed by atoms with Crippen LogP contribution in [0.4, 0.5) is 0 Å². The number of aryl methyl sites for hydroxylation is 1. The van der Waals surface area contributed by atoms with Crippen LogP contribution in [0.25, 0.3) is 0 Å². The molecule has 1 aromatic carbocycles. The lowest BCUT2D eigenvalue weighted by atomic mass is 10.1. The summed E-state index contributed by atoms with van der Waals surface area (Å²) in [6.07, 6.45) is 2.86. The maximum atomic E-state index is 12.9. The largest absolute Gasteiger partial charge is 0.492 e. The molecule has 0 N–H and O–H groups in total. The van der Waals surface area contributed by atoms with E-state index in [2.05, 4.69) is 0 Å². The second-order valence-corrected chi connectivity index (χ2v) is 7.71. The van der Waals surface area contributed by atoms with Crippen molar-refractivity contribution in [1.29, 1.82) is 0 Å². The van der Waals surface area contributed by atoms with Gasteiger partial charge in [-0.15, -0.1) is 0 Å². The molecule has 0 spiro atoms. The molecule has 0 amide bonds. The van der Waals surface area contributed by atoms with Crippen molar-refractivity contribution in [3.8, 4) is 5.75 Å². The number of hydrogen-bond donors (Lipinski definition) is 0. The van der Waals surface area contributed by atoms with Gasteiger partial charge in [0, 0.05) is 17.6 Å². The van der Waals surface area contributed by atoms with Crippen molar-refractivity contribution >= 4 is 21.6 Å². The van der Waals surface area contributed by atoms with E-state index in [1.54, 1.807) is 10.4 Å². The highest BCUT2D eigenvalue weighted by molar-refractivity contribution is 7.89. The summed E-state index contributed by atoms with van der Waals surface area (Å²) in [5.41, 5.74) is 0.811. The number of halogens is 1. The molecule has 1 heterocycles. The first-order valence-corrected chi connectivity index (χ1v) is 9.14. The molecular formula is C15H22ClNO3S. The van der Waals surface area contributed by atoms with Crippen LogP contribution in [-0.4, -0.2) is 31.9 Å². The third-order valence-corrected chi connectivity index (χ3v) is 6.30. The molecule has 21 heavy (non-hydrogen) atoms. The summed E-state index contributed by atoms with van der Waals surface area (Å²) in [5.74, 6) is 0.386. The molecule has 0 radical (unpaired) electrons. The number of sulfonamides is 1. The Labute approximate surface area is 132 Å². The second-order valence-electron chi connectivity index (χ2n) is 5.44. The first-order chi connectivity index (χ1) is 9.87. The molecule has 1 aliphatic heterocycles. The number of piperidine rings is 1. The topological polar surface area (TPSA) is 46.6 Å². The third-order valence-electron chi connectivity index (χ3n) is 3.85. The van der Waals surface area contributed by atoms with Crippen molar-refractivity contribution in [3.05, 3.63) is 22.7 Å². The predicted molar refractivity (Wildman–Crippen MR) is 84.6 cm³/mol. The van der Waals surface area contributed by atoms with Gasteiger partial charge >= 0.3 is 0 Å². The van der Waals surface area contributed by atoms with Crippen LogP contribution in [0.3, 0.4) is 0 Å². The average Bonchev–Trinajstić information content (AvgIpc) is 2.43. The first-order valence-electron chi connectivity index (χ1n) is 7.32. The number of hydrogen-bond acceptors (Lipinski definition) is 3. The fraction of sp³-hybridized carbons (Fsp3) is 0.600. The van der Waals surface area contributed by atoms with Crippen LogP contribution in [0.5, 0.6) is 5.75 Å². The average molecular weight is 332 g/mol. The van der Waals surface area contributed by atoms with Crippen LogP contribution in [0.1, 0.15) is 38.7 Å². The van der Waals surface area contributed by atoms with Gasteiger partial charge in [0.2, 0.25) is 10.0 Å². The molecule has 1 aliphatic rings. The van der Waals surface area contributed by atoms with E-state index in [0.717, 1.165) is 24.8 Å². The van der Waals surface area contributed by atoms with Crippen LogP contribution < -0.4 is 4.74 Å². The lowest BCUT2D eigenvalue weighted by Gasteiger charge is -2.32. The van der Waals surface area contributed by atoms with E-state index >= 15 is 0 Å². The van der Waals surface area contributed by atoms with Crippen LogP contribution in [0.2, 0.25) is 5.02 Å². The van der Waals surface area contributed by atoms with E-state index in [9.17, 15) is 8.42 Å². The standard InChI is InChI=1S/C15H22ClNO3S/c1-4-20-14-9-11(2)13(16)10-15(14)21(18,19)17-8-6-5-7-12(17)3/h9-10,12H,4-8H2,1-3H3. The maximum Gasteiger partial charge on any atom is 0.247 e. The molecule has 1 unspecified atom stereocenters. The van der Waals surface area contributed by atoms with Gasteiger partial charge in [0.05, 0.1) is 6.61 Å². The Morgan fingerprint density at radius 1 is 1.38 bits per heavy atom. The Kier molecular flexibility index (Phi) is 5.17. The fourth-order valence-corrected chi connectivity index (χ4v) is 4.73. The molecule has 1 saturated heterocycles. The summed E-state index contributed by atoms with van der Waals surface area (Å²) in [5, 5.41) is 0.446. The van der Waals surface area contributed by atoms with E-state index in [1.165, 1.54) is 6.07 Å². The molecule has 1 atom stereocenters. The number of nitrogens with zero attached hydrogens (tertiary/aromatic N) is 1. The van der Waals surface area contributed by atoms with Gasteiger partial charge in [-0.05, 0) is 51.3 Å². The monoisotopic (exact) mass is 331 g/mol. The van der Waals surface area contributed by atoms with Crippen LogP contribution in [0, 0.1) is 6.92 Å². The van der Waals surface area contributed by atoms with E-state index in [-0.39, 0.29) is 10.9 Å². The molecule has 0 aromatic heterocycles. The molecule has 1 fully saturated rings. The zero-order chi connectivity index (χ0) is 15.6. The van der Waals surface area contributed by atoms with Gasteiger partial charge in [-0.3, -0.25) is 0 Å². The van der Waals surface area contributed by atoms with Gasteiger partial charge in [-0.25, -0.2) is 8.42 Å². The quantitative estimate of drug-likeness (QED) is 0.846. The van der Waals surface area contributed by atoms with Crippen molar-refractivity contribution < 1.29 is 13.2 Å². The van der Waals surface area contributed by atoms with Crippen LogP contribution >= 0.6 is 11.6 Å². The predicted octanol–water partition coefficient (Wildman–Crippen LogP) is 3.61. The summed E-state index contributed by atoms with van der Waals surface area (Å²) in [6.45, 7) is 6.60. The summed E-state index contributed by atoms with van der Waals surface area (Å²) in [7, 11) is -3.58. The zero-order valence-electron chi connectivity index (χ0n) is 12.7. The molecular weight excluding hydrogens is 310 g/mol. The van der Waals surface area contributed by atoms with E-state index in [4.69, 9.17) is 16.3 Å². The minimum atomic E-state index is -3.58. The van der Waals surface area contributed by atoms with Crippen LogP contribution in [0.15, 0.2) is 17.0 Å². The molecule has 0 aliphatic carbocycles. The molecule has 118 valence electrons. The van der Waals surface area contributed by atoms with Gasteiger partial charge < -0.3 is 4.74 Å². The number of rotatable bonds is 4. The molecule has 6 heteroatoms. The Morgan fingerprint density at radius 3 is 2.71 bits per heavy atom. The van der Waals surface area contributed by atoms with E-state index < -0.39 is 10.0 Å². The third kappa shape index (κ3) is 3.35. The number of ether oxygens (including phenoxy) is 1. The highest BCUT2D eigenvalue weighted by Gasteiger charge is 2.33. The highest BCUT2D eigenvalue weighted by Crippen LogP contribution is 2.34. The highest BCUT2D eigenvalue weighted by atomic mass is 35.5.